The zero-order valence-corrected chi connectivity index (χ0v) is 18.0. The molecule has 0 N–H and O–H groups in total. The van der Waals surface area contributed by atoms with Gasteiger partial charge in [0.05, 0.1) is 11.4 Å². The number of hydrogen-bond acceptors (Lipinski definition) is 2. The molecule has 0 aliphatic heterocycles. The topological polar surface area (TPSA) is 25.8 Å². The van der Waals surface area contributed by atoms with E-state index in [9.17, 15) is 0 Å². The first-order chi connectivity index (χ1) is 13.8. The predicted molar refractivity (Wildman–Crippen MR) is 120 cm³/mol. The smallest absolute Gasteiger partial charge is 0.0929 e. The fraction of sp³-hybridized carbons (Fsp3) is 0.615. The van der Waals surface area contributed by atoms with Crippen LogP contribution in [0.5, 0.6) is 0 Å². The van der Waals surface area contributed by atoms with E-state index in [1.54, 1.807) is 0 Å². The van der Waals surface area contributed by atoms with Gasteiger partial charge in [-0.15, -0.1) is 0 Å². The summed E-state index contributed by atoms with van der Waals surface area (Å²) in [5.41, 5.74) is 4.81. The second-order valence-corrected chi connectivity index (χ2v) is 8.71. The molecule has 0 spiro atoms. The van der Waals surface area contributed by atoms with Crippen LogP contribution >= 0.6 is 0 Å². The molecule has 1 saturated carbocycles. The summed E-state index contributed by atoms with van der Waals surface area (Å²) in [5, 5.41) is 9.16. The third-order valence-corrected chi connectivity index (χ3v) is 6.47. The van der Waals surface area contributed by atoms with Crippen molar-refractivity contribution >= 4 is 0 Å². The highest BCUT2D eigenvalue weighted by molar-refractivity contribution is 5.58. The molecule has 0 unspecified atom stereocenters. The molecular formula is C26H38N2. The standard InChI is InChI=1S/C26H38N2/c1-3-5-6-7-8-10-22-13-17-24(18-14-22)26-20-19-25(27-28-26)23-15-11-21(9-4-2)12-16-23/h13-14,17-21,23H,3-12,15-16H2,1-2H3/t21-,23-. The molecule has 1 aliphatic carbocycles. The second-order valence-electron chi connectivity index (χ2n) is 8.71. The number of hydrogen-bond donors (Lipinski definition) is 0. The minimum Gasteiger partial charge on any atom is -0.155 e. The van der Waals surface area contributed by atoms with Crippen molar-refractivity contribution in [3.8, 4) is 11.3 Å². The Morgan fingerprint density at radius 2 is 1.50 bits per heavy atom. The molecule has 28 heavy (non-hydrogen) atoms. The first-order valence-electron chi connectivity index (χ1n) is 11.7. The number of nitrogens with zero attached hydrogens (tertiary/aromatic N) is 2. The van der Waals surface area contributed by atoms with Gasteiger partial charge in [-0.25, -0.2) is 0 Å². The van der Waals surface area contributed by atoms with Gasteiger partial charge in [0.1, 0.15) is 0 Å². The number of aryl methyl sites for hydroxylation is 1. The van der Waals surface area contributed by atoms with Crippen molar-refractivity contribution in [1.82, 2.24) is 10.2 Å². The Labute approximate surface area is 172 Å². The molecular weight excluding hydrogens is 340 g/mol. The Morgan fingerprint density at radius 3 is 2.14 bits per heavy atom. The monoisotopic (exact) mass is 378 g/mol. The van der Waals surface area contributed by atoms with Gasteiger partial charge in [0.2, 0.25) is 0 Å². The number of unbranched alkanes of at least 4 members (excludes halogenated alkanes) is 4. The van der Waals surface area contributed by atoms with Crippen molar-refractivity contribution in [3.05, 3.63) is 47.7 Å². The van der Waals surface area contributed by atoms with E-state index in [2.05, 4.69) is 60.4 Å². The number of aromatic nitrogens is 2. The summed E-state index contributed by atoms with van der Waals surface area (Å²) in [6.45, 7) is 4.57. The summed E-state index contributed by atoms with van der Waals surface area (Å²) in [4.78, 5) is 0. The molecule has 0 bridgehead atoms. The molecule has 1 aliphatic rings. The summed E-state index contributed by atoms with van der Waals surface area (Å²) in [6.07, 6.45) is 15.9. The Bertz CT molecular complexity index is 667. The maximum Gasteiger partial charge on any atom is 0.0929 e. The molecule has 0 atom stereocenters. The van der Waals surface area contributed by atoms with Crippen molar-refractivity contribution < 1.29 is 0 Å². The minimum atomic E-state index is 0.616. The molecule has 1 heterocycles. The van der Waals surface area contributed by atoms with Gasteiger partial charge in [0, 0.05) is 11.5 Å². The van der Waals surface area contributed by atoms with E-state index in [1.165, 1.54) is 93.9 Å². The van der Waals surface area contributed by atoms with Crippen LogP contribution in [-0.4, -0.2) is 10.2 Å². The van der Waals surface area contributed by atoms with E-state index in [-0.39, 0.29) is 0 Å². The third-order valence-electron chi connectivity index (χ3n) is 6.47. The van der Waals surface area contributed by atoms with E-state index in [0.29, 0.717) is 5.92 Å². The normalized spacial score (nSPS) is 19.6. The zero-order valence-electron chi connectivity index (χ0n) is 18.0. The van der Waals surface area contributed by atoms with Crippen molar-refractivity contribution in [2.24, 2.45) is 5.92 Å². The number of rotatable bonds is 10. The highest BCUT2D eigenvalue weighted by Crippen LogP contribution is 2.36. The Morgan fingerprint density at radius 1 is 0.750 bits per heavy atom. The van der Waals surface area contributed by atoms with Crippen LogP contribution in [0, 0.1) is 5.92 Å². The molecule has 0 amide bonds. The van der Waals surface area contributed by atoms with Crippen LogP contribution in [0.3, 0.4) is 0 Å². The highest BCUT2D eigenvalue weighted by Gasteiger charge is 2.23. The zero-order chi connectivity index (χ0) is 19.6. The van der Waals surface area contributed by atoms with Gasteiger partial charge in [0.15, 0.2) is 0 Å². The van der Waals surface area contributed by atoms with E-state index in [1.807, 2.05) is 0 Å². The fourth-order valence-electron chi connectivity index (χ4n) is 4.64. The highest BCUT2D eigenvalue weighted by atomic mass is 15.1. The molecule has 3 rings (SSSR count). The largest absolute Gasteiger partial charge is 0.155 e. The summed E-state index contributed by atoms with van der Waals surface area (Å²) >= 11 is 0. The Hall–Kier alpha value is -1.70. The Kier molecular flexibility index (Phi) is 8.51. The SMILES string of the molecule is CCCCCCCc1ccc(-c2ccc([C@H]3CC[C@H](CCC)CC3)nn2)cc1. The van der Waals surface area contributed by atoms with Crippen molar-refractivity contribution in [2.45, 2.75) is 96.8 Å². The Balaban J connectivity index is 1.51. The summed E-state index contributed by atoms with van der Waals surface area (Å²) < 4.78 is 0. The van der Waals surface area contributed by atoms with Crippen molar-refractivity contribution in [2.75, 3.05) is 0 Å². The van der Waals surface area contributed by atoms with Gasteiger partial charge in [-0.05, 0) is 62.1 Å². The molecule has 0 saturated heterocycles. The van der Waals surface area contributed by atoms with E-state index in [0.717, 1.165) is 11.6 Å². The van der Waals surface area contributed by atoms with Crippen LogP contribution in [0.4, 0.5) is 0 Å². The molecule has 152 valence electrons. The van der Waals surface area contributed by atoms with Crippen LogP contribution in [0.1, 0.15) is 102 Å². The van der Waals surface area contributed by atoms with Crippen molar-refractivity contribution in [1.29, 1.82) is 0 Å². The van der Waals surface area contributed by atoms with Crippen LogP contribution in [0.2, 0.25) is 0 Å². The lowest BCUT2D eigenvalue weighted by Crippen LogP contribution is -2.14. The molecule has 2 heteroatoms. The van der Waals surface area contributed by atoms with Crippen LogP contribution in [-0.2, 0) is 6.42 Å². The van der Waals surface area contributed by atoms with E-state index in [4.69, 9.17) is 0 Å². The average molecular weight is 379 g/mol. The van der Waals surface area contributed by atoms with Gasteiger partial charge in [-0.2, -0.15) is 10.2 Å². The first kappa shape index (κ1) is 21.0. The number of benzene rings is 1. The van der Waals surface area contributed by atoms with E-state index < -0.39 is 0 Å². The summed E-state index contributed by atoms with van der Waals surface area (Å²) in [5.74, 6) is 1.56. The lowest BCUT2D eigenvalue weighted by atomic mass is 9.79. The second kappa shape index (κ2) is 11.3. The van der Waals surface area contributed by atoms with Gasteiger partial charge >= 0.3 is 0 Å². The lowest BCUT2D eigenvalue weighted by molar-refractivity contribution is 0.304. The molecule has 2 aromatic rings. The van der Waals surface area contributed by atoms with E-state index >= 15 is 0 Å². The maximum atomic E-state index is 4.60. The minimum absolute atomic E-state index is 0.616. The molecule has 0 radical (unpaired) electrons. The summed E-state index contributed by atoms with van der Waals surface area (Å²) in [6, 6.07) is 13.3. The summed E-state index contributed by atoms with van der Waals surface area (Å²) in [7, 11) is 0. The van der Waals surface area contributed by atoms with Crippen LogP contribution < -0.4 is 0 Å². The molecule has 1 fully saturated rings. The van der Waals surface area contributed by atoms with Gasteiger partial charge < -0.3 is 0 Å². The van der Waals surface area contributed by atoms with Gasteiger partial charge in [0.25, 0.3) is 0 Å². The average Bonchev–Trinajstić information content (AvgIpc) is 2.75. The fourth-order valence-corrected chi connectivity index (χ4v) is 4.64. The third kappa shape index (κ3) is 6.15. The molecule has 1 aromatic heterocycles. The lowest BCUT2D eigenvalue weighted by Gasteiger charge is -2.27. The van der Waals surface area contributed by atoms with Crippen LogP contribution in [0.25, 0.3) is 11.3 Å². The quantitative estimate of drug-likeness (QED) is 0.395. The van der Waals surface area contributed by atoms with Crippen molar-refractivity contribution in [3.63, 3.8) is 0 Å². The predicted octanol–water partition coefficient (Wildman–Crippen LogP) is 7.73. The maximum absolute atomic E-state index is 4.60. The molecule has 1 aromatic carbocycles. The van der Waals surface area contributed by atoms with Crippen LogP contribution in [0.15, 0.2) is 36.4 Å². The molecule has 2 nitrogen and oxygen atoms in total. The first-order valence-corrected chi connectivity index (χ1v) is 11.7. The van der Waals surface area contributed by atoms with Gasteiger partial charge in [-0.1, -0.05) is 76.6 Å². The van der Waals surface area contributed by atoms with Gasteiger partial charge in [-0.3, -0.25) is 0 Å².